The Kier molecular flexibility index (Phi) is 11.4. The maximum Gasteiger partial charge on any atom is 0.436 e. The van der Waals surface area contributed by atoms with Gasteiger partial charge in [-0.15, -0.1) is 11.3 Å². The average molecular weight is 522 g/mol. The zero-order valence-electron chi connectivity index (χ0n) is 18.9. The van der Waals surface area contributed by atoms with E-state index in [2.05, 4.69) is 19.7 Å². The summed E-state index contributed by atoms with van der Waals surface area (Å²) in [4.78, 5) is 11.6. The zero-order valence-corrected chi connectivity index (χ0v) is 20.5. The molecule has 0 saturated carbocycles. The number of aliphatic carboxylic acids is 1. The first-order valence-electron chi connectivity index (χ1n) is 9.99. The molecule has 3 rings (SSSR count). The third-order valence-corrected chi connectivity index (χ3v) is 6.83. The first-order chi connectivity index (χ1) is 16.0. The Bertz CT molecular complexity index is 1130. The van der Waals surface area contributed by atoms with E-state index in [9.17, 15) is 31.5 Å². The molecule has 3 aromatic rings. The van der Waals surface area contributed by atoms with Crippen molar-refractivity contribution in [3.8, 4) is 10.6 Å². The van der Waals surface area contributed by atoms with Gasteiger partial charge < -0.3 is 14.9 Å². The first kappa shape index (κ1) is 29.3. The highest BCUT2D eigenvalue weighted by Gasteiger charge is 2.35. The van der Waals surface area contributed by atoms with E-state index in [1.54, 1.807) is 30.3 Å². The molecule has 1 aromatic carbocycles. The summed E-state index contributed by atoms with van der Waals surface area (Å²) in [5.41, 5.74) is -0.618. The van der Waals surface area contributed by atoms with Crippen LogP contribution in [-0.2, 0) is 27.4 Å². The molecule has 188 valence electrons. The summed E-state index contributed by atoms with van der Waals surface area (Å²) in [7, 11) is -0.480. The van der Waals surface area contributed by atoms with Gasteiger partial charge in [0, 0.05) is 6.07 Å². The lowest BCUT2D eigenvalue weighted by Crippen LogP contribution is -2.42. The van der Waals surface area contributed by atoms with Crippen LogP contribution in [0.5, 0.6) is 0 Å². The van der Waals surface area contributed by atoms with E-state index in [-0.39, 0.29) is 21.3 Å². The molecule has 0 radical (unpaired) electrons. The second-order valence-corrected chi connectivity index (χ2v) is 9.42. The van der Waals surface area contributed by atoms with Gasteiger partial charge in [0.15, 0.2) is 11.5 Å². The van der Waals surface area contributed by atoms with Crippen LogP contribution >= 0.6 is 11.3 Å². The van der Waals surface area contributed by atoms with Crippen molar-refractivity contribution in [3.05, 3.63) is 59.8 Å². The summed E-state index contributed by atoms with van der Waals surface area (Å²) in [5, 5.41) is 15.0. The van der Waals surface area contributed by atoms with Crippen LogP contribution in [0.4, 0.5) is 13.2 Å². The van der Waals surface area contributed by atoms with Crippen molar-refractivity contribution in [1.82, 2.24) is 15.2 Å². The molecule has 0 aliphatic rings. The second-order valence-electron chi connectivity index (χ2n) is 6.39. The van der Waals surface area contributed by atoms with E-state index in [1.807, 2.05) is 27.9 Å². The SMILES string of the molecule is CC.CNC.O=C(O)C(Cc1ccccc1)NS(=O)(=O)c1ccc(-c2cc(C(F)(F)F)no2)s1. The molecule has 0 fully saturated rings. The predicted molar refractivity (Wildman–Crippen MR) is 123 cm³/mol. The molecular weight excluding hydrogens is 495 g/mol. The van der Waals surface area contributed by atoms with Gasteiger partial charge in [0.25, 0.3) is 10.0 Å². The normalized spacial score (nSPS) is 12.1. The largest absolute Gasteiger partial charge is 0.480 e. The first-order valence-corrected chi connectivity index (χ1v) is 12.3. The predicted octanol–water partition coefficient (Wildman–Crippen LogP) is 4.26. The van der Waals surface area contributed by atoms with Gasteiger partial charge >= 0.3 is 12.1 Å². The van der Waals surface area contributed by atoms with Gasteiger partial charge in [-0.05, 0) is 38.2 Å². The van der Waals surface area contributed by atoms with E-state index >= 15 is 0 Å². The van der Waals surface area contributed by atoms with Crippen molar-refractivity contribution in [1.29, 1.82) is 0 Å². The molecule has 3 N–H and O–H groups in total. The molecule has 2 heterocycles. The average Bonchev–Trinajstić information content (AvgIpc) is 3.46. The fourth-order valence-electron chi connectivity index (χ4n) is 2.40. The van der Waals surface area contributed by atoms with Crippen molar-refractivity contribution in [2.45, 2.75) is 36.7 Å². The number of hydrogen-bond acceptors (Lipinski definition) is 7. The van der Waals surface area contributed by atoms with E-state index in [0.29, 0.717) is 23.0 Å². The molecule has 0 spiro atoms. The molecule has 0 aliphatic heterocycles. The number of rotatable bonds is 7. The Morgan fingerprint density at radius 1 is 1.15 bits per heavy atom. The van der Waals surface area contributed by atoms with E-state index in [0.717, 1.165) is 6.07 Å². The number of carboxylic acids is 1. The lowest BCUT2D eigenvalue weighted by molar-refractivity contribution is -0.142. The van der Waals surface area contributed by atoms with Crippen LogP contribution in [-0.4, -0.2) is 44.8 Å². The number of benzene rings is 1. The van der Waals surface area contributed by atoms with Crippen LogP contribution in [0.2, 0.25) is 0 Å². The summed E-state index contributed by atoms with van der Waals surface area (Å²) in [5.74, 6) is -1.61. The number of nitrogens with one attached hydrogen (secondary N) is 2. The number of halogens is 3. The molecule has 0 amide bonds. The van der Waals surface area contributed by atoms with Gasteiger partial charge in [-0.25, -0.2) is 8.42 Å². The zero-order chi connectivity index (χ0) is 25.9. The van der Waals surface area contributed by atoms with Crippen LogP contribution in [0.25, 0.3) is 10.6 Å². The van der Waals surface area contributed by atoms with Crippen LogP contribution in [0.1, 0.15) is 25.1 Å². The van der Waals surface area contributed by atoms with E-state index in [4.69, 9.17) is 0 Å². The van der Waals surface area contributed by atoms with E-state index < -0.39 is 33.9 Å². The Balaban J connectivity index is 0.00000107. The highest BCUT2D eigenvalue weighted by Crippen LogP contribution is 2.35. The van der Waals surface area contributed by atoms with Crippen molar-refractivity contribution in [2.75, 3.05) is 14.1 Å². The lowest BCUT2D eigenvalue weighted by Gasteiger charge is -2.14. The molecule has 8 nitrogen and oxygen atoms in total. The van der Waals surface area contributed by atoms with Gasteiger partial charge in [-0.2, -0.15) is 17.9 Å². The molecule has 1 atom stereocenters. The lowest BCUT2D eigenvalue weighted by atomic mass is 10.1. The molecule has 13 heteroatoms. The number of hydrogen-bond donors (Lipinski definition) is 3. The minimum atomic E-state index is -4.69. The van der Waals surface area contributed by atoms with Gasteiger partial charge in [-0.1, -0.05) is 49.3 Å². The fraction of sp³-hybridized carbons (Fsp3) is 0.333. The highest BCUT2D eigenvalue weighted by molar-refractivity contribution is 7.91. The minimum absolute atomic E-state index is 0.0787. The third kappa shape index (κ3) is 8.56. The highest BCUT2D eigenvalue weighted by atomic mass is 32.2. The number of thiophene rings is 1. The van der Waals surface area contributed by atoms with Crippen LogP contribution in [0.3, 0.4) is 0 Å². The van der Waals surface area contributed by atoms with Gasteiger partial charge in [0.1, 0.15) is 10.3 Å². The second kappa shape index (κ2) is 13.2. The summed E-state index contributed by atoms with van der Waals surface area (Å²) < 4.78 is 69.5. The Morgan fingerprint density at radius 3 is 2.24 bits per heavy atom. The van der Waals surface area contributed by atoms with Crippen molar-refractivity contribution < 1.29 is 36.0 Å². The number of nitrogens with zero attached hydrogens (tertiary/aromatic N) is 1. The van der Waals surface area contributed by atoms with Crippen molar-refractivity contribution in [3.63, 3.8) is 0 Å². The smallest absolute Gasteiger partial charge is 0.436 e. The standard InChI is InChI=1S/C17H13F3N2O5S2.C2H7N.C2H6/c18-17(19,20)14-9-12(27-21-14)13-6-7-15(28-13)29(25,26)22-11(16(23)24)8-10-4-2-1-3-5-10;1-3-2;1-2/h1-7,9,11,22H,8H2,(H,23,24);3H,1-2H3;1-2H3. The Hall–Kier alpha value is -2.74. The molecule has 0 aliphatic carbocycles. The minimum Gasteiger partial charge on any atom is -0.480 e. The quantitative estimate of drug-likeness (QED) is 0.425. The molecule has 34 heavy (non-hydrogen) atoms. The maximum atomic E-state index is 12.6. The molecule has 1 unspecified atom stereocenters. The van der Waals surface area contributed by atoms with Crippen molar-refractivity contribution >= 4 is 27.3 Å². The number of sulfonamides is 1. The van der Waals surface area contributed by atoms with Crippen LogP contribution in [0.15, 0.2) is 57.3 Å². The number of alkyl halides is 3. The molecule has 2 aromatic heterocycles. The maximum absolute atomic E-state index is 12.6. The Morgan fingerprint density at radius 2 is 1.74 bits per heavy atom. The number of carboxylic acid groups (broad SMARTS) is 1. The van der Waals surface area contributed by atoms with Gasteiger partial charge in [-0.3, -0.25) is 4.79 Å². The molecule has 0 bridgehead atoms. The number of carbonyl (C=O) groups is 1. The summed E-state index contributed by atoms with van der Waals surface area (Å²) in [6.45, 7) is 4.00. The fourth-order valence-corrected chi connectivity index (χ4v) is 4.86. The molecular formula is C21H26F3N3O5S2. The summed E-state index contributed by atoms with van der Waals surface area (Å²) >= 11 is 0.632. The van der Waals surface area contributed by atoms with Crippen LogP contribution < -0.4 is 10.0 Å². The van der Waals surface area contributed by atoms with Gasteiger partial charge in [0.2, 0.25) is 0 Å². The topological polar surface area (TPSA) is 122 Å². The van der Waals surface area contributed by atoms with E-state index in [1.165, 1.54) is 6.07 Å². The van der Waals surface area contributed by atoms with Crippen molar-refractivity contribution in [2.24, 2.45) is 0 Å². The summed E-state index contributed by atoms with van der Waals surface area (Å²) in [6, 6.07) is 10.1. The summed E-state index contributed by atoms with van der Waals surface area (Å²) in [6.07, 6.45) is -4.77. The van der Waals surface area contributed by atoms with Crippen LogP contribution in [0, 0.1) is 0 Å². The number of aromatic nitrogens is 1. The monoisotopic (exact) mass is 521 g/mol. The Labute approximate surface area is 199 Å². The molecule has 0 saturated heterocycles. The van der Waals surface area contributed by atoms with Gasteiger partial charge in [0.05, 0.1) is 4.88 Å². The third-order valence-electron chi connectivity index (χ3n) is 3.77.